The van der Waals surface area contributed by atoms with E-state index in [2.05, 4.69) is 23.3 Å². The molecule has 8 nitrogen and oxygen atoms in total. The molecule has 4 atom stereocenters. The number of aliphatic hydroxyl groups is 1. The number of carboxylic acid groups (broad SMARTS) is 1. The molecule has 22 heavy (non-hydrogen) atoms. The van der Waals surface area contributed by atoms with Gasteiger partial charge in [-0.1, -0.05) is 0 Å². The van der Waals surface area contributed by atoms with Crippen LogP contribution in [0.2, 0.25) is 0 Å². The molecular formula is C12H23N3O5S2. The number of nitrogens with one attached hydrogen (secondary N) is 2. The Morgan fingerprint density at radius 3 is 2.27 bits per heavy atom. The van der Waals surface area contributed by atoms with Gasteiger partial charge in [-0.25, -0.2) is 4.79 Å². The molecule has 4 unspecified atom stereocenters. The molecule has 0 aliphatic rings. The summed E-state index contributed by atoms with van der Waals surface area (Å²) in [6.45, 7) is 1.24. The SMILES string of the molecule is CSCCC(N)C(=O)NC(CS)C(=O)NC(C(=O)O)C(C)O. The quantitative estimate of drug-likeness (QED) is 0.261. The molecule has 0 aromatic heterocycles. The minimum atomic E-state index is -1.46. The van der Waals surface area contributed by atoms with Gasteiger partial charge in [-0.05, 0) is 25.4 Å². The van der Waals surface area contributed by atoms with Crippen LogP contribution in [0, 0.1) is 0 Å². The highest BCUT2D eigenvalue weighted by atomic mass is 32.2. The molecule has 0 rings (SSSR count). The van der Waals surface area contributed by atoms with Gasteiger partial charge < -0.3 is 26.6 Å². The molecule has 0 fully saturated rings. The molecule has 0 aliphatic heterocycles. The molecule has 0 aliphatic carbocycles. The van der Waals surface area contributed by atoms with Crippen LogP contribution in [0.5, 0.6) is 0 Å². The van der Waals surface area contributed by atoms with E-state index >= 15 is 0 Å². The Bertz CT molecular complexity index is 395. The van der Waals surface area contributed by atoms with E-state index in [0.29, 0.717) is 12.2 Å². The number of nitrogens with two attached hydrogens (primary N) is 1. The first-order valence-corrected chi connectivity index (χ1v) is 8.64. The molecule has 6 N–H and O–H groups in total. The molecule has 128 valence electrons. The summed E-state index contributed by atoms with van der Waals surface area (Å²) in [6, 6.07) is -3.25. The Balaban J connectivity index is 4.65. The molecular weight excluding hydrogens is 330 g/mol. The lowest BCUT2D eigenvalue weighted by atomic mass is 10.1. The van der Waals surface area contributed by atoms with Crippen molar-refractivity contribution in [2.75, 3.05) is 17.8 Å². The zero-order valence-corrected chi connectivity index (χ0v) is 14.2. The van der Waals surface area contributed by atoms with Crippen molar-refractivity contribution in [2.45, 2.75) is 37.6 Å². The number of amides is 2. The summed E-state index contributed by atoms with van der Waals surface area (Å²) >= 11 is 5.51. The summed E-state index contributed by atoms with van der Waals surface area (Å²) in [6.07, 6.45) is 1.07. The molecule has 0 aromatic rings. The minimum absolute atomic E-state index is 0.0288. The second kappa shape index (κ2) is 10.7. The maximum atomic E-state index is 12.0. The Morgan fingerprint density at radius 1 is 1.27 bits per heavy atom. The van der Waals surface area contributed by atoms with Crippen LogP contribution in [0.3, 0.4) is 0 Å². The number of carbonyl (C=O) groups is 3. The molecule has 0 spiro atoms. The normalized spacial score (nSPS) is 16.2. The number of carbonyl (C=O) groups excluding carboxylic acids is 2. The van der Waals surface area contributed by atoms with Crippen LogP contribution < -0.4 is 16.4 Å². The summed E-state index contributed by atoms with van der Waals surface area (Å²) < 4.78 is 0. The zero-order valence-electron chi connectivity index (χ0n) is 12.5. The molecule has 2 amide bonds. The van der Waals surface area contributed by atoms with Crippen LogP contribution in [0.1, 0.15) is 13.3 Å². The van der Waals surface area contributed by atoms with Crippen molar-refractivity contribution in [3.8, 4) is 0 Å². The van der Waals surface area contributed by atoms with Gasteiger partial charge in [0.25, 0.3) is 0 Å². The van der Waals surface area contributed by atoms with Crippen molar-refractivity contribution in [3.05, 3.63) is 0 Å². The summed E-state index contributed by atoms with van der Waals surface area (Å²) in [5, 5.41) is 22.8. The van der Waals surface area contributed by atoms with E-state index in [1.54, 1.807) is 11.8 Å². The van der Waals surface area contributed by atoms with Crippen LogP contribution in [0.15, 0.2) is 0 Å². The fourth-order valence-corrected chi connectivity index (χ4v) is 2.24. The molecule has 0 saturated carbocycles. The van der Waals surface area contributed by atoms with E-state index in [1.807, 2.05) is 6.26 Å². The number of aliphatic hydroxyl groups excluding tert-OH is 1. The van der Waals surface area contributed by atoms with Crippen LogP contribution >= 0.6 is 24.4 Å². The van der Waals surface area contributed by atoms with Gasteiger partial charge >= 0.3 is 5.97 Å². The highest BCUT2D eigenvalue weighted by Crippen LogP contribution is 2.01. The van der Waals surface area contributed by atoms with Crippen LogP contribution in [0.25, 0.3) is 0 Å². The predicted octanol–water partition coefficient (Wildman–Crippen LogP) is -1.57. The van der Waals surface area contributed by atoms with E-state index < -0.39 is 42.0 Å². The van der Waals surface area contributed by atoms with Gasteiger partial charge in [0.15, 0.2) is 6.04 Å². The number of hydrogen-bond acceptors (Lipinski definition) is 7. The number of rotatable bonds is 10. The first-order valence-electron chi connectivity index (χ1n) is 6.61. The lowest BCUT2D eigenvalue weighted by molar-refractivity contribution is -0.145. The van der Waals surface area contributed by atoms with Crippen molar-refractivity contribution < 1.29 is 24.6 Å². The maximum Gasteiger partial charge on any atom is 0.328 e. The molecule has 10 heteroatoms. The monoisotopic (exact) mass is 353 g/mol. The third-order valence-corrected chi connectivity index (χ3v) is 3.84. The largest absolute Gasteiger partial charge is 0.480 e. The smallest absolute Gasteiger partial charge is 0.328 e. The number of thioether (sulfide) groups is 1. The molecule has 0 bridgehead atoms. The highest BCUT2D eigenvalue weighted by Gasteiger charge is 2.29. The fourth-order valence-electron chi connectivity index (χ4n) is 1.49. The summed E-state index contributed by atoms with van der Waals surface area (Å²) in [7, 11) is 0. The van der Waals surface area contributed by atoms with Crippen molar-refractivity contribution in [1.82, 2.24) is 10.6 Å². The molecule has 0 radical (unpaired) electrons. The highest BCUT2D eigenvalue weighted by molar-refractivity contribution is 7.98. The predicted molar refractivity (Wildman–Crippen MR) is 88.0 cm³/mol. The Hall–Kier alpha value is -0.970. The lowest BCUT2D eigenvalue weighted by Crippen LogP contribution is -2.57. The third kappa shape index (κ3) is 7.34. The number of hydrogen-bond donors (Lipinski definition) is 6. The van der Waals surface area contributed by atoms with Gasteiger partial charge in [0.05, 0.1) is 12.1 Å². The van der Waals surface area contributed by atoms with Gasteiger partial charge in [-0.15, -0.1) is 0 Å². The van der Waals surface area contributed by atoms with E-state index in [0.717, 1.165) is 0 Å². The van der Waals surface area contributed by atoms with Gasteiger partial charge in [-0.3, -0.25) is 9.59 Å². The van der Waals surface area contributed by atoms with E-state index in [4.69, 9.17) is 10.8 Å². The van der Waals surface area contributed by atoms with Gasteiger partial charge in [0.2, 0.25) is 11.8 Å². The summed E-state index contributed by atoms with van der Waals surface area (Å²) in [5.74, 6) is -1.95. The van der Waals surface area contributed by atoms with Gasteiger partial charge in [0, 0.05) is 5.75 Å². The molecule has 0 aromatic carbocycles. The molecule has 0 heterocycles. The van der Waals surface area contributed by atoms with Crippen LogP contribution in [-0.4, -0.2) is 70.0 Å². The minimum Gasteiger partial charge on any atom is -0.480 e. The topological polar surface area (TPSA) is 142 Å². The number of thiol groups is 1. The summed E-state index contributed by atoms with van der Waals surface area (Å²) in [5.41, 5.74) is 5.69. The van der Waals surface area contributed by atoms with Crippen molar-refractivity contribution in [1.29, 1.82) is 0 Å². The zero-order chi connectivity index (χ0) is 17.3. The first kappa shape index (κ1) is 21.0. The second-order valence-electron chi connectivity index (χ2n) is 4.70. The lowest BCUT2D eigenvalue weighted by Gasteiger charge is -2.22. The van der Waals surface area contributed by atoms with Crippen molar-refractivity contribution >= 4 is 42.2 Å². The standard InChI is InChI=1S/C12H23N3O5S2/c1-6(16)9(12(19)20)15-11(18)8(5-21)14-10(17)7(13)3-4-22-2/h6-9,16,21H,3-5,13H2,1-2H3,(H,14,17)(H,15,18)(H,19,20). The van der Waals surface area contributed by atoms with Crippen LogP contribution in [0.4, 0.5) is 0 Å². The number of carboxylic acids is 1. The van der Waals surface area contributed by atoms with Crippen molar-refractivity contribution in [3.63, 3.8) is 0 Å². The van der Waals surface area contributed by atoms with E-state index in [-0.39, 0.29) is 5.75 Å². The van der Waals surface area contributed by atoms with Crippen molar-refractivity contribution in [2.24, 2.45) is 5.73 Å². The maximum absolute atomic E-state index is 12.0. The Kier molecular flexibility index (Phi) is 10.2. The van der Waals surface area contributed by atoms with E-state index in [9.17, 15) is 19.5 Å². The first-order chi connectivity index (χ1) is 10.2. The van der Waals surface area contributed by atoms with Gasteiger partial charge in [-0.2, -0.15) is 24.4 Å². The Morgan fingerprint density at radius 2 is 1.86 bits per heavy atom. The van der Waals surface area contributed by atoms with Crippen LogP contribution in [-0.2, 0) is 14.4 Å². The molecule has 0 saturated heterocycles. The number of aliphatic carboxylic acids is 1. The second-order valence-corrected chi connectivity index (χ2v) is 6.05. The third-order valence-electron chi connectivity index (χ3n) is 2.83. The summed E-state index contributed by atoms with van der Waals surface area (Å²) in [4.78, 5) is 34.8. The van der Waals surface area contributed by atoms with E-state index in [1.165, 1.54) is 6.92 Å². The average Bonchev–Trinajstić information content (AvgIpc) is 2.46. The Labute approximate surface area is 139 Å². The van der Waals surface area contributed by atoms with Gasteiger partial charge in [0.1, 0.15) is 6.04 Å². The average molecular weight is 353 g/mol. The fraction of sp³-hybridized carbons (Fsp3) is 0.750.